The van der Waals surface area contributed by atoms with Gasteiger partial charge in [0.25, 0.3) is 0 Å². The van der Waals surface area contributed by atoms with Crippen LogP contribution in [0.25, 0.3) is 0 Å². The number of hydrogen-bond donors (Lipinski definition) is 3. The van der Waals surface area contributed by atoms with Gasteiger partial charge < -0.3 is 16.4 Å². The van der Waals surface area contributed by atoms with E-state index in [1.807, 2.05) is 5.32 Å². The minimum Gasteiger partial charge on any atom is -0.370 e. The van der Waals surface area contributed by atoms with Crippen molar-refractivity contribution in [3.8, 4) is 0 Å². The van der Waals surface area contributed by atoms with Crippen molar-refractivity contribution >= 4 is 11.8 Å². The van der Waals surface area contributed by atoms with Gasteiger partial charge in [0.15, 0.2) is 0 Å². The molecule has 0 aromatic rings. The predicted molar refractivity (Wildman–Crippen MR) is 45.7 cm³/mol. The van der Waals surface area contributed by atoms with Gasteiger partial charge in [-0.15, -0.1) is 0 Å². The van der Waals surface area contributed by atoms with Crippen LogP contribution in [0.15, 0.2) is 0 Å². The quantitative estimate of drug-likeness (QED) is 0.551. The van der Waals surface area contributed by atoms with Gasteiger partial charge in [-0.2, -0.15) is 13.2 Å². The second-order valence-corrected chi connectivity index (χ2v) is 2.78. The highest BCUT2D eigenvalue weighted by Crippen LogP contribution is 2.11. The number of amides is 2. The monoisotopic (exact) mass is 227 g/mol. The summed E-state index contributed by atoms with van der Waals surface area (Å²) in [5.74, 6) is -1.20. The van der Waals surface area contributed by atoms with Gasteiger partial charge in [0, 0.05) is 13.0 Å². The first kappa shape index (κ1) is 13.7. The van der Waals surface area contributed by atoms with Crippen LogP contribution < -0.4 is 16.4 Å². The van der Waals surface area contributed by atoms with Gasteiger partial charge in [0.2, 0.25) is 11.8 Å². The van der Waals surface area contributed by atoms with E-state index in [0.29, 0.717) is 0 Å². The van der Waals surface area contributed by atoms with Crippen molar-refractivity contribution in [3.63, 3.8) is 0 Å². The van der Waals surface area contributed by atoms with Crippen LogP contribution in [-0.4, -0.2) is 37.6 Å². The molecule has 0 rings (SSSR count). The first-order valence-electron chi connectivity index (χ1n) is 4.14. The number of hydrogen-bond acceptors (Lipinski definition) is 3. The molecule has 4 N–H and O–H groups in total. The summed E-state index contributed by atoms with van der Waals surface area (Å²) in [4.78, 5) is 21.1. The van der Waals surface area contributed by atoms with Gasteiger partial charge in [-0.05, 0) is 0 Å². The van der Waals surface area contributed by atoms with Crippen LogP contribution in [0, 0.1) is 0 Å². The minimum absolute atomic E-state index is 0.0296. The van der Waals surface area contributed by atoms with Crippen molar-refractivity contribution in [2.75, 3.05) is 19.6 Å². The zero-order valence-electron chi connectivity index (χ0n) is 7.86. The first-order chi connectivity index (χ1) is 6.81. The summed E-state index contributed by atoms with van der Waals surface area (Å²) in [7, 11) is 0. The molecule has 0 unspecified atom stereocenters. The van der Waals surface area contributed by atoms with Crippen molar-refractivity contribution < 1.29 is 22.8 Å². The van der Waals surface area contributed by atoms with E-state index in [1.54, 1.807) is 0 Å². The molecule has 0 bridgehead atoms. The number of nitrogens with two attached hydrogens (primary N) is 1. The average molecular weight is 227 g/mol. The molecule has 0 fully saturated rings. The number of primary amides is 1. The molecule has 0 saturated carbocycles. The molecule has 0 aromatic heterocycles. The Balaban J connectivity index is 3.46. The Kier molecular flexibility index (Phi) is 5.68. The SMILES string of the molecule is NC(=O)CCNC(=O)CNCC(F)(F)F. The predicted octanol–water partition coefficient (Wildman–Crippen LogP) is -0.870. The third-order valence-corrected chi connectivity index (χ3v) is 1.30. The number of nitrogens with one attached hydrogen (secondary N) is 2. The zero-order chi connectivity index (χ0) is 11.9. The molecule has 5 nitrogen and oxygen atoms in total. The molecule has 0 radical (unpaired) electrons. The Morgan fingerprint density at radius 2 is 1.87 bits per heavy atom. The number of carbonyl (C=O) groups is 2. The molecule has 0 aliphatic carbocycles. The zero-order valence-corrected chi connectivity index (χ0v) is 7.86. The smallest absolute Gasteiger partial charge is 0.370 e. The van der Waals surface area contributed by atoms with Crippen LogP contribution in [0.2, 0.25) is 0 Å². The van der Waals surface area contributed by atoms with Crippen molar-refractivity contribution in [1.29, 1.82) is 0 Å². The highest BCUT2D eigenvalue weighted by atomic mass is 19.4. The molecular formula is C7H12F3N3O2. The van der Waals surface area contributed by atoms with Crippen LogP contribution in [0.5, 0.6) is 0 Å². The minimum atomic E-state index is -4.34. The maximum Gasteiger partial charge on any atom is 0.401 e. The van der Waals surface area contributed by atoms with E-state index >= 15 is 0 Å². The summed E-state index contributed by atoms with van der Waals surface area (Å²) in [6.45, 7) is -1.64. The van der Waals surface area contributed by atoms with Crippen LogP contribution >= 0.6 is 0 Å². The molecule has 0 heterocycles. The van der Waals surface area contributed by atoms with Crippen molar-refractivity contribution in [2.45, 2.75) is 12.6 Å². The van der Waals surface area contributed by atoms with Crippen molar-refractivity contribution in [2.24, 2.45) is 5.73 Å². The average Bonchev–Trinajstić information content (AvgIpc) is 2.00. The van der Waals surface area contributed by atoms with Gasteiger partial charge in [-0.3, -0.25) is 9.59 Å². The number of carbonyl (C=O) groups excluding carboxylic acids is 2. The van der Waals surface area contributed by atoms with E-state index in [1.165, 1.54) is 0 Å². The summed E-state index contributed by atoms with van der Waals surface area (Å²) < 4.78 is 34.8. The lowest BCUT2D eigenvalue weighted by Gasteiger charge is -2.08. The van der Waals surface area contributed by atoms with Gasteiger partial charge in [0.05, 0.1) is 13.1 Å². The molecular weight excluding hydrogens is 215 g/mol. The molecule has 0 aliphatic rings. The summed E-state index contributed by atoms with van der Waals surface area (Å²) in [6.07, 6.45) is -4.38. The van der Waals surface area contributed by atoms with E-state index in [4.69, 9.17) is 5.73 Å². The number of alkyl halides is 3. The fourth-order valence-electron chi connectivity index (χ4n) is 0.705. The lowest BCUT2D eigenvalue weighted by atomic mass is 10.4. The normalized spacial score (nSPS) is 11.1. The molecule has 0 aromatic carbocycles. The van der Waals surface area contributed by atoms with Gasteiger partial charge >= 0.3 is 6.18 Å². The largest absolute Gasteiger partial charge is 0.401 e. The Labute approximate surface area is 84.2 Å². The summed E-state index contributed by atoms with van der Waals surface area (Å²) in [6, 6.07) is 0. The number of halogens is 3. The third-order valence-electron chi connectivity index (χ3n) is 1.30. The van der Waals surface area contributed by atoms with E-state index in [0.717, 1.165) is 0 Å². The Morgan fingerprint density at radius 3 is 2.33 bits per heavy atom. The maximum absolute atomic E-state index is 11.6. The van der Waals surface area contributed by atoms with E-state index < -0.39 is 31.1 Å². The second kappa shape index (κ2) is 6.23. The second-order valence-electron chi connectivity index (χ2n) is 2.78. The molecule has 88 valence electrons. The highest BCUT2D eigenvalue weighted by Gasteiger charge is 2.26. The summed E-state index contributed by atoms with van der Waals surface area (Å²) in [5.41, 5.74) is 4.78. The summed E-state index contributed by atoms with van der Waals surface area (Å²) >= 11 is 0. The van der Waals surface area contributed by atoms with Crippen LogP contribution in [0.4, 0.5) is 13.2 Å². The van der Waals surface area contributed by atoms with E-state index in [2.05, 4.69) is 5.32 Å². The molecule has 2 amide bonds. The molecule has 0 atom stereocenters. The third kappa shape index (κ3) is 10.6. The molecule has 15 heavy (non-hydrogen) atoms. The van der Waals surface area contributed by atoms with Crippen LogP contribution in [-0.2, 0) is 9.59 Å². The maximum atomic E-state index is 11.6. The van der Waals surface area contributed by atoms with Gasteiger partial charge in [-0.1, -0.05) is 0 Å². The molecule has 0 spiro atoms. The highest BCUT2D eigenvalue weighted by molar-refractivity contribution is 5.79. The lowest BCUT2D eigenvalue weighted by Crippen LogP contribution is -2.39. The Bertz CT molecular complexity index is 230. The molecule has 0 saturated heterocycles. The van der Waals surface area contributed by atoms with E-state index in [9.17, 15) is 22.8 Å². The first-order valence-corrected chi connectivity index (χ1v) is 4.14. The Morgan fingerprint density at radius 1 is 1.27 bits per heavy atom. The van der Waals surface area contributed by atoms with Gasteiger partial charge in [-0.25, -0.2) is 0 Å². The van der Waals surface area contributed by atoms with Crippen LogP contribution in [0.1, 0.15) is 6.42 Å². The molecule has 0 aliphatic heterocycles. The fourth-order valence-corrected chi connectivity index (χ4v) is 0.705. The fraction of sp³-hybridized carbons (Fsp3) is 0.714. The summed E-state index contributed by atoms with van der Waals surface area (Å²) in [5, 5.41) is 4.14. The van der Waals surface area contributed by atoms with Crippen molar-refractivity contribution in [1.82, 2.24) is 10.6 Å². The van der Waals surface area contributed by atoms with Crippen molar-refractivity contribution in [3.05, 3.63) is 0 Å². The van der Waals surface area contributed by atoms with E-state index in [-0.39, 0.29) is 13.0 Å². The lowest BCUT2D eigenvalue weighted by molar-refractivity contribution is -0.128. The Hall–Kier alpha value is -1.31. The molecule has 8 heteroatoms. The van der Waals surface area contributed by atoms with Gasteiger partial charge in [0.1, 0.15) is 0 Å². The topological polar surface area (TPSA) is 84.2 Å². The standard InChI is InChI=1S/C7H12F3N3O2/c8-7(9,10)4-12-3-6(15)13-2-1-5(11)14/h12H,1-4H2,(H2,11,14)(H,13,15). The van der Waals surface area contributed by atoms with Crippen LogP contribution in [0.3, 0.4) is 0 Å². The number of rotatable bonds is 6.